The molecule has 1 unspecified atom stereocenters. The first-order valence-electron chi connectivity index (χ1n) is 9.69. The van der Waals surface area contributed by atoms with Crippen LogP contribution in [0.25, 0.3) is 10.9 Å². The molecule has 0 radical (unpaired) electrons. The number of rotatable bonds is 4. The van der Waals surface area contributed by atoms with E-state index in [4.69, 9.17) is 0 Å². The number of amides is 2. The lowest BCUT2D eigenvalue weighted by atomic mass is 10.2. The second-order valence-corrected chi connectivity index (χ2v) is 8.19. The Balaban J connectivity index is 1.33. The first kappa shape index (κ1) is 19.7. The predicted molar refractivity (Wildman–Crippen MR) is 118 cm³/mol. The Morgan fingerprint density at radius 3 is 2.41 bits per heavy atom. The number of carbonyl (C=O) groups excluding carboxylic acids is 2. The molecule has 2 N–H and O–H groups in total. The standard InChI is InChI=1S/C22H23BrN4O2/c1-15(21(28)24-18-8-6-17(23)7-9-18)26-10-12-27(13-11-26)22(29)20-14-16-4-2-3-5-19(16)25-20/h2-9,14-15,25H,10-13H2,1H3,(H,24,28). The molecule has 0 saturated carbocycles. The van der Waals surface area contributed by atoms with Gasteiger partial charge in [-0.25, -0.2) is 0 Å². The second-order valence-electron chi connectivity index (χ2n) is 7.27. The van der Waals surface area contributed by atoms with Crippen molar-refractivity contribution in [3.05, 3.63) is 64.8 Å². The highest BCUT2D eigenvalue weighted by Gasteiger charge is 2.28. The Kier molecular flexibility index (Phi) is 5.69. The number of nitrogens with zero attached hydrogens (tertiary/aromatic N) is 2. The molecule has 0 bridgehead atoms. The molecule has 0 spiro atoms. The minimum Gasteiger partial charge on any atom is -0.351 e. The van der Waals surface area contributed by atoms with Crippen LogP contribution in [-0.2, 0) is 4.79 Å². The first-order valence-corrected chi connectivity index (χ1v) is 10.5. The molecule has 6 nitrogen and oxygen atoms in total. The molecule has 29 heavy (non-hydrogen) atoms. The number of benzene rings is 2. The van der Waals surface area contributed by atoms with E-state index in [0.29, 0.717) is 31.9 Å². The highest BCUT2D eigenvalue weighted by molar-refractivity contribution is 9.10. The zero-order chi connectivity index (χ0) is 20.4. The van der Waals surface area contributed by atoms with E-state index in [1.54, 1.807) is 0 Å². The normalized spacial score (nSPS) is 16.0. The van der Waals surface area contributed by atoms with E-state index in [-0.39, 0.29) is 17.9 Å². The summed E-state index contributed by atoms with van der Waals surface area (Å²) in [6, 6.07) is 17.0. The maximum absolute atomic E-state index is 12.8. The summed E-state index contributed by atoms with van der Waals surface area (Å²) in [5.74, 6) is -0.0319. The van der Waals surface area contributed by atoms with Crippen molar-refractivity contribution in [2.45, 2.75) is 13.0 Å². The number of aromatic nitrogens is 1. The van der Waals surface area contributed by atoms with Crippen molar-refractivity contribution in [3.63, 3.8) is 0 Å². The second kappa shape index (κ2) is 8.39. The summed E-state index contributed by atoms with van der Waals surface area (Å²) in [5, 5.41) is 3.99. The number of carbonyl (C=O) groups is 2. The molecule has 2 amide bonds. The van der Waals surface area contributed by atoms with Crippen LogP contribution in [0.4, 0.5) is 5.69 Å². The topological polar surface area (TPSA) is 68.4 Å². The lowest BCUT2D eigenvalue weighted by Crippen LogP contribution is -2.54. The molecular formula is C22H23BrN4O2. The minimum absolute atomic E-state index is 0.00724. The fourth-order valence-corrected chi connectivity index (χ4v) is 3.88. The highest BCUT2D eigenvalue weighted by atomic mass is 79.9. The molecule has 1 fully saturated rings. The average Bonchev–Trinajstić information content (AvgIpc) is 3.18. The average molecular weight is 455 g/mol. The summed E-state index contributed by atoms with van der Waals surface area (Å²) in [5.41, 5.74) is 2.35. The lowest BCUT2D eigenvalue weighted by Gasteiger charge is -2.37. The van der Waals surface area contributed by atoms with Gasteiger partial charge in [0.2, 0.25) is 5.91 Å². The Morgan fingerprint density at radius 2 is 1.72 bits per heavy atom. The zero-order valence-electron chi connectivity index (χ0n) is 16.2. The number of aromatic amines is 1. The van der Waals surface area contributed by atoms with E-state index < -0.39 is 0 Å². The van der Waals surface area contributed by atoms with Gasteiger partial charge in [-0.1, -0.05) is 34.1 Å². The van der Waals surface area contributed by atoms with Gasteiger partial charge >= 0.3 is 0 Å². The molecular weight excluding hydrogens is 432 g/mol. The Bertz CT molecular complexity index is 990. The van der Waals surface area contributed by atoms with Crippen LogP contribution in [0.3, 0.4) is 0 Å². The van der Waals surface area contributed by atoms with Crippen molar-refractivity contribution >= 4 is 44.3 Å². The maximum Gasteiger partial charge on any atom is 0.270 e. The van der Waals surface area contributed by atoms with Gasteiger partial charge in [0.25, 0.3) is 5.91 Å². The Labute approximate surface area is 178 Å². The van der Waals surface area contributed by atoms with Crippen molar-refractivity contribution < 1.29 is 9.59 Å². The van der Waals surface area contributed by atoms with E-state index in [9.17, 15) is 9.59 Å². The third-order valence-corrected chi connectivity index (χ3v) is 5.93. The number of piperazine rings is 1. The van der Waals surface area contributed by atoms with E-state index in [0.717, 1.165) is 21.1 Å². The van der Waals surface area contributed by atoms with Crippen LogP contribution in [-0.4, -0.2) is 58.8 Å². The maximum atomic E-state index is 12.8. The van der Waals surface area contributed by atoms with Gasteiger partial charge in [0.05, 0.1) is 6.04 Å². The summed E-state index contributed by atoms with van der Waals surface area (Å²) >= 11 is 3.39. The first-order chi connectivity index (χ1) is 14.0. The summed E-state index contributed by atoms with van der Waals surface area (Å²) in [6.07, 6.45) is 0. The minimum atomic E-state index is -0.260. The number of hydrogen-bond acceptors (Lipinski definition) is 3. The quantitative estimate of drug-likeness (QED) is 0.631. The molecule has 1 aliphatic rings. The number of nitrogens with one attached hydrogen (secondary N) is 2. The van der Waals surface area contributed by atoms with Crippen molar-refractivity contribution in [3.8, 4) is 0 Å². The molecule has 4 rings (SSSR count). The molecule has 7 heteroatoms. The van der Waals surface area contributed by atoms with E-state index >= 15 is 0 Å². The van der Waals surface area contributed by atoms with E-state index in [2.05, 4.69) is 31.1 Å². The van der Waals surface area contributed by atoms with Gasteiger partial charge in [-0.05, 0) is 43.3 Å². The number of H-pyrrole nitrogens is 1. The number of fused-ring (bicyclic) bond motifs is 1. The van der Waals surface area contributed by atoms with Gasteiger partial charge in [0.15, 0.2) is 0 Å². The number of para-hydroxylation sites is 1. The number of hydrogen-bond donors (Lipinski definition) is 2. The fraction of sp³-hybridized carbons (Fsp3) is 0.273. The van der Waals surface area contributed by atoms with Crippen LogP contribution in [0, 0.1) is 0 Å². The van der Waals surface area contributed by atoms with Crippen LogP contribution in [0.1, 0.15) is 17.4 Å². The molecule has 1 atom stereocenters. The van der Waals surface area contributed by atoms with Gasteiger partial charge in [-0.2, -0.15) is 0 Å². The van der Waals surface area contributed by atoms with Gasteiger partial charge in [-0.15, -0.1) is 0 Å². The lowest BCUT2D eigenvalue weighted by molar-refractivity contribution is -0.121. The molecule has 2 heterocycles. The largest absolute Gasteiger partial charge is 0.351 e. The molecule has 0 aliphatic carbocycles. The smallest absolute Gasteiger partial charge is 0.270 e. The third kappa shape index (κ3) is 4.36. The SMILES string of the molecule is CC(C(=O)Nc1ccc(Br)cc1)N1CCN(C(=O)c2cc3ccccc3[nH]2)CC1. The molecule has 1 aromatic heterocycles. The highest BCUT2D eigenvalue weighted by Crippen LogP contribution is 2.18. The Morgan fingerprint density at radius 1 is 1.03 bits per heavy atom. The molecule has 2 aromatic carbocycles. The summed E-state index contributed by atoms with van der Waals surface area (Å²) in [4.78, 5) is 32.6. The van der Waals surface area contributed by atoms with Gasteiger partial charge in [0, 0.05) is 47.2 Å². The Hall–Kier alpha value is -2.64. The van der Waals surface area contributed by atoms with Crippen LogP contribution in [0.5, 0.6) is 0 Å². The zero-order valence-corrected chi connectivity index (χ0v) is 17.8. The third-order valence-electron chi connectivity index (χ3n) is 5.40. The van der Waals surface area contributed by atoms with Crippen molar-refractivity contribution in [1.82, 2.24) is 14.8 Å². The van der Waals surface area contributed by atoms with Gasteiger partial charge in [-0.3, -0.25) is 14.5 Å². The molecule has 1 aliphatic heterocycles. The van der Waals surface area contributed by atoms with Gasteiger partial charge < -0.3 is 15.2 Å². The van der Waals surface area contributed by atoms with Crippen molar-refractivity contribution in [1.29, 1.82) is 0 Å². The van der Waals surface area contributed by atoms with Crippen molar-refractivity contribution in [2.75, 3.05) is 31.5 Å². The summed E-state index contributed by atoms with van der Waals surface area (Å²) < 4.78 is 0.972. The molecule has 1 saturated heterocycles. The van der Waals surface area contributed by atoms with E-state index in [1.807, 2.05) is 66.4 Å². The summed E-state index contributed by atoms with van der Waals surface area (Å²) in [7, 11) is 0. The molecule has 3 aromatic rings. The van der Waals surface area contributed by atoms with Crippen molar-refractivity contribution in [2.24, 2.45) is 0 Å². The monoisotopic (exact) mass is 454 g/mol. The summed E-state index contributed by atoms with van der Waals surface area (Å²) in [6.45, 7) is 4.44. The van der Waals surface area contributed by atoms with Gasteiger partial charge in [0.1, 0.15) is 5.69 Å². The number of halogens is 1. The van der Waals surface area contributed by atoms with Crippen LogP contribution >= 0.6 is 15.9 Å². The number of anilines is 1. The molecule has 150 valence electrons. The predicted octanol–water partition coefficient (Wildman–Crippen LogP) is 3.72. The van der Waals surface area contributed by atoms with Crippen LogP contribution in [0.2, 0.25) is 0 Å². The van der Waals surface area contributed by atoms with Crippen LogP contribution < -0.4 is 5.32 Å². The van der Waals surface area contributed by atoms with E-state index in [1.165, 1.54) is 0 Å². The fourth-order valence-electron chi connectivity index (χ4n) is 3.62. The van der Waals surface area contributed by atoms with Crippen LogP contribution in [0.15, 0.2) is 59.1 Å².